The topological polar surface area (TPSA) is 25.8 Å². The highest BCUT2D eigenvalue weighted by Gasteiger charge is 2.09. The zero-order chi connectivity index (χ0) is 7.72. The van der Waals surface area contributed by atoms with Crippen LogP contribution in [-0.4, -0.2) is 9.97 Å². The Hall–Kier alpha value is -0.480. The van der Waals surface area contributed by atoms with Crippen molar-refractivity contribution in [2.75, 3.05) is 0 Å². The molecule has 0 atom stereocenters. The van der Waals surface area contributed by atoms with Crippen LogP contribution in [0.5, 0.6) is 0 Å². The lowest BCUT2D eigenvalue weighted by Crippen LogP contribution is -1.93. The molecule has 10 heavy (non-hydrogen) atoms. The second-order valence-electron chi connectivity index (χ2n) is 1.39. The zero-order valence-electron chi connectivity index (χ0n) is 4.41. The summed E-state index contributed by atoms with van der Waals surface area (Å²) in [5.41, 5.74) is 0. The van der Waals surface area contributed by atoms with Crippen LogP contribution in [0.4, 0.5) is 8.78 Å². The van der Waals surface area contributed by atoms with E-state index < -0.39 is 22.2 Å². The summed E-state index contributed by atoms with van der Waals surface area (Å²) >= 11 is 10.1. The SMILES string of the molecule is Fc1nc(Cl)c(F)c(Cl)n1. The third-order valence-corrected chi connectivity index (χ3v) is 1.24. The van der Waals surface area contributed by atoms with Gasteiger partial charge in [0.1, 0.15) is 0 Å². The van der Waals surface area contributed by atoms with E-state index in [2.05, 4.69) is 9.97 Å². The molecule has 0 aliphatic rings. The van der Waals surface area contributed by atoms with Crippen LogP contribution in [0.1, 0.15) is 0 Å². The van der Waals surface area contributed by atoms with Gasteiger partial charge in [0.05, 0.1) is 0 Å². The van der Waals surface area contributed by atoms with Crippen molar-refractivity contribution < 1.29 is 8.78 Å². The Labute approximate surface area is 64.8 Å². The Morgan fingerprint density at radius 3 is 1.80 bits per heavy atom. The summed E-state index contributed by atoms with van der Waals surface area (Å²) in [7, 11) is 0. The van der Waals surface area contributed by atoms with Gasteiger partial charge in [-0.05, 0) is 0 Å². The summed E-state index contributed by atoms with van der Waals surface area (Å²) in [6.45, 7) is 0. The molecule has 0 N–H and O–H groups in total. The Balaban J connectivity index is 3.31. The number of nitrogens with zero attached hydrogens (tertiary/aromatic N) is 2. The molecule has 0 saturated heterocycles. The van der Waals surface area contributed by atoms with Crippen molar-refractivity contribution >= 4 is 23.2 Å². The molecular formula is C4Cl2F2N2. The summed E-state index contributed by atoms with van der Waals surface area (Å²) < 4.78 is 24.4. The number of rotatable bonds is 0. The van der Waals surface area contributed by atoms with Crippen LogP contribution >= 0.6 is 23.2 Å². The highest BCUT2D eigenvalue weighted by atomic mass is 35.5. The number of hydrogen-bond donors (Lipinski definition) is 0. The molecule has 1 heterocycles. The zero-order valence-corrected chi connectivity index (χ0v) is 5.92. The monoisotopic (exact) mass is 184 g/mol. The lowest BCUT2D eigenvalue weighted by Gasteiger charge is -1.93. The molecule has 6 heteroatoms. The van der Waals surface area contributed by atoms with Crippen LogP contribution in [0.2, 0.25) is 10.3 Å². The van der Waals surface area contributed by atoms with Gasteiger partial charge in [0, 0.05) is 0 Å². The van der Waals surface area contributed by atoms with Gasteiger partial charge < -0.3 is 0 Å². The van der Waals surface area contributed by atoms with Gasteiger partial charge in [-0.1, -0.05) is 23.2 Å². The van der Waals surface area contributed by atoms with E-state index in [0.717, 1.165) is 0 Å². The van der Waals surface area contributed by atoms with Crippen LogP contribution in [-0.2, 0) is 0 Å². The molecule has 1 aromatic rings. The normalized spacial score (nSPS) is 10.0. The van der Waals surface area contributed by atoms with Crippen LogP contribution in [0, 0.1) is 11.9 Å². The van der Waals surface area contributed by atoms with Gasteiger partial charge in [-0.3, -0.25) is 0 Å². The van der Waals surface area contributed by atoms with E-state index in [-0.39, 0.29) is 0 Å². The molecule has 1 rings (SSSR count). The highest BCUT2D eigenvalue weighted by Crippen LogP contribution is 2.17. The first-order valence-electron chi connectivity index (χ1n) is 2.15. The fourth-order valence-electron chi connectivity index (χ4n) is 0.370. The van der Waals surface area contributed by atoms with E-state index in [9.17, 15) is 8.78 Å². The van der Waals surface area contributed by atoms with Crippen molar-refractivity contribution in [3.8, 4) is 0 Å². The first kappa shape index (κ1) is 7.63. The molecule has 0 fully saturated rings. The van der Waals surface area contributed by atoms with Gasteiger partial charge in [0.2, 0.25) is 0 Å². The van der Waals surface area contributed by atoms with Gasteiger partial charge in [0.25, 0.3) is 0 Å². The standard InChI is InChI=1S/C4Cl2F2N2/c5-2-1(7)3(6)10-4(8)9-2. The molecule has 54 valence electrons. The minimum absolute atomic E-state index is 0.613. The van der Waals surface area contributed by atoms with Gasteiger partial charge in [-0.15, -0.1) is 0 Å². The molecule has 0 bridgehead atoms. The van der Waals surface area contributed by atoms with E-state index in [1.54, 1.807) is 0 Å². The Bertz CT molecular complexity index is 242. The first-order valence-corrected chi connectivity index (χ1v) is 2.91. The van der Waals surface area contributed by atoms with Crippen molar-refractivity contribution in [1.82, 2.24) is 9.97 Å². The molecule has 2 nitrogen and oxygen atoms in total. The molecule has 0 aliphatic carbocycles. The van der Waals surface area contributed by atoms with Crippen molar-refractivity contribution in [2.45, 2.75) is 0 Å². The number of hydrogen-bond acceptors (Lipinski definition) is 2. The summed E-state index contributed by atoms with van der Waals surface area (Å²) in [6, 6.07) is 0. The molecule has 0 saturated carbocycles. The second-order valence-corrected chi connectivity index (χ2v) is 2.10. The summed E-state index contributed by atoms with van der Waals surface area (Å²) in [5.74, 6) is -1.01. The minimum Gasteiger partial charge on any atom is -0.200 e. The average Bonchev–Trinajstić information content (AvgIpc) is 1.82. The molecule has 0 aromatic carbocycles. The molecule has 0 aliphatic heterocycles. The minimum atomic E-state index is -1.14. The van der Waals surface area contributed by atoms with Crippen LogP contribution in [0.15, 0.2) is 0 Å². The summed E-state index contributed by atoms with van der Waals surface area (Å²) in [6.07, 6.45) is -1.14. The van der Waals surface area contributed by atoms with Crippen molar-refractivity contribution in [3.05, 3.63) is 22.2 Å². The molecule has 0 unspecified atom stereocenters. The van der Waals surface area contributed by atoms with Gasteiger partial charge in [0.15, 0.2) is 16.1 Å². The Morgan fingerprint density at radius 1 is 1.00 bits per heavy atom. The van der Waals surface area contributed by atoms with Crippen LogP contribution in [0.3, 0.4) is 0 Å². The predicted octanol–water partition coefficient (Wildman–Crippen LogP) is 2.06. The average molecular weight is 185 g/mol. The van der Waals surface area contributed by atoms with Gasteiger partial charge in [-0.2, -0.15) is 14.4 Å². The molecule has 0 spiro atoms. The number of aromatic nitrogens is 2. The largest absolute Gasteiger partial charge is 0.311 e. The van der Waals surface area contributed by atoms with E-state index in [1.165, 1.54) is 0 Å². The van der Waals surface area contributed by atoms with Gasteiger partial charge in [-0.25, -0.2) is 4.39 Å². The maximum absolute atomic E-state index is 12.4. The first-order chi connectivity index (χ1) is 4.61. The maximum Gasteiger partial charge on any atom is 0.311 e. The quantitative estimate of drug-likeness (QED) is 0.456. The van der Waals surface area contributed by atoms with Crippen molar-refractivity contribution in [3.63, 3.8) is 0 Å². The predicted molar refractivity (Wildman–Crippen MR) is 32.0 cm³/mol. The molecule has 1 aromatic heterocycles. The van der Waals surface area contributed by atoms with Gasteiger partial charge >= 0.3 is 6.08 Å². The van der Waals surface area contributed by atoms with Crippen molar-refractivity contribution in [1.29, 1.82) is 0 Å². The Morgan fingerprint density at radius 2 is 1.40 bits per heavy atom. The molecule has 0 radical (unpaired) electrons. The van der Waals surface area contributed by atoms with E-state index in [4.69, 9.17) is 23.2 Å². The second kappa shape index (κ2) is 2.64. The lowest BCUT2D eigenvalue weighted by atomic mass is 10.6. The van der Waals surface area contributed by atoms with E-state index in [1.807, 2.05) is 0 Å². The summed E-state index contributed by atoms with van der Waals surface area (Å²) in [4.78, 5) is 5.72. The smallest absolute Gasteiger partial charge is 0.200 e. The van der Waals surface area contributed by atoms with E-state index in [0.29, 0.717) is 0 Å². The summed E-state index contributed by atoms with van der Waals surface area (Å²) in [5, 5.41) is -1.23. The third kappa shape index (κ3) is 1.33. The lowest BCUT2D eigenvalue weighted by molar-refractivity contribution is 0.517. The molecular weight excluding hydrogens is 185 g/mol. The highest BCUT2D eigenvalue weighted by molar-refractivity contribution is 6.33. The number of halogens is 4. The fraction of sp³-hybridized carbons (Fsp3) is 0. The van der Waals surface area contributed by atoms with Crippen molar-refractivity contribution in [2.24, 2.45) is 0 Å². The fourth-order valence-corrected chi connectivity index (χ4v) is 0.737. The maximum atomic E-state index is 12.4. The Kier molecular flexibility index (Phi) is 2.01. The van der Waals surface area contributed by atoms with Crippen LogP contribution in [0.25, 0.3) is 0 Å². The molecule has 0 amide bonds. The third-order valence-electron chi connectivity index (χ3n) is 0.743. The van der Waals surface area contributed by atoms with Crippen LogP contribution < -0.4 is 0 Å². The van der Waals surface area contributed by atoms with E-state index >= 15 is 0 Å².